The highest BCUT2D eigenvalue weighted by atomic mass is 19.4. The lowest BCUT2D eigenvalue weighted by Gasteiger charge is -2.39. The number of carbonyl (C=O) groups is 3. The molecule has 0 unspecified atom stereocenters. The van der Waals surface area contributed by atoms with Crippen molar-refractivity contribution in [1.82, 2.24) is 15.1 Å². The topological polar surface area (TPSA) is 79.0 Å². The summed E-state index contributed by atoms with van der Waals surface area (Å²) in [6.07, 6.45) is -7.11. The van der Waals surface area contributed by atoms with Crippen molar-refractivity contribution in [2.75, 3.05) is 19.6 Å². The van der Waals surface area contributed by atoms with Gasteiger partial charge in [-0.05, 0) is 20.8 Å². The molecule has 1 fully saturated rings. The van der Waals surface area contributed by atoms with E-state index in [0.29, 0.717) is 11.3 Å². The molecule has 1 saturated heterocycles. The van der Waals surface area contributed by atoms with Crippen molar-refractivity contribution in [2.45, 2.75) is 38.7 Å². The summed E-state index contributed by atoms with van der Waals surface area (Å²) >= 11 is 0. The van der Waals surface area contributed by atoms with Crippen LogP contribution in [0.2, 0.25) is 0 Å². The number of piperazine rings is 1. The van der Waals surface area contributed by atoms with Gasteiger partial charge in [-0.3, -0.25) is 14.5 Å². The van der Waals surface area contributed by atoms with Crippen LogP contribution < -0.4 is 5.32 Å². The minimum absolute atomic E-state index is 0.0634. The van der Waals surface area contributed by atoms with Gasteiger partial charge in [-0.1, -0.05) is 0 Å². The van der Waals surface area contributed by atoms with E-state index in [1.54, 1.807) is 20.8 Å². The standard InChI is InChI=1S/C12H18F3N3O4/c1-11(2,3)16-10(21)22-8-6-17(7-19)4-5-18(8)9(20)12(13,14)15/h7-8H,4-6H2,1-3H3,(H,16,21)/t8-/m0/s1. The number of nitrogens with one attached hydrogen (secondary N) is 1. The number of rotatable bonds is 2. The van der Waals surface area contributed by atoms with E-state index in [0.717, 1.165) is 4.90 Å². The maximum Gasteiger partial charge on any atom is 0.471 e. The molecule has 1 atom stereocenters. The minimum Gasteiger partial charge on any atom is -0.423 e. The molecular formula is C12H18F3N3O4. The van der Waals surface area contributed by atoms with E-state index >= 15 is 0 Å². The van der Waals surface area contributed by atoms with E-state index in [9.17, 15) is 27.6 Å². The van der Waals surface area contributed by atoms with Crippen LogP contribution in [0.1, 0.15) is 20.8 Å². The molecule has 1 aliphatic heterocycles. The van der Waals surface area contributed by atoms with Crippen molar-refractivity contribution in [3.8, 4) is 0 Å². The molecule has 0 aromatic rings. The SMILES string of the molecule is CC(C)(C)NC(=O)O[C@H]1CN(C=O)CCN1C(=O)C(F)(F)F. The van der Waals surface area contributed by atoms with Gasteiger partial charge in [0.1, 0.15) is 0 Å². The molecule has 0 aliphatic carbocycles. The molecule has 1 heterocycles. The fourth-order valence-corrected chi connectivity index (χ4v) is 1.82. The normalized spacial score (nSPS) is 19.6. The van der Waals surface area contributed by atoms with Crippen LogP contribution >= 0.6 is 0 Å². The Balaban J connectivity index is 2.84. The fraction of sp³-hybridized carbons (Fsp3) is 0.750. The van der Waals surface area contributed by atoms with E-state index < -0.39 is 29.9 Å². The van der Waals surface area contributed by atoms with Crippen molar-refractivity contribution in [2.24, 2.45) is 0 Å². The second-order valence-electron chi connectivity index (χ2n) is 5.83. The molecule has 10 heteroatoms. The first kappa shape index (κ1) is 18.1. The Labute approximate surface area is 125 Å². The van der Waals surface area contributed by atoms with Crippen LogP contribution in [0.3, 0.4) is 0 Å². The Bertz CT molecular complexity index is 448. The zero-order valence-corrected chi connectivity index (χ0v) is 12.4. The highest BCUT2D eigenvalue weighted by molar-refractivity contribution is 5.82. The molecule has 126 valence electrons. The van der Waals surface area contributed by atoms with Crippen molar-refractivity contribution < 1.29 is 32.3 Å². The van der Waals surface area contributed by atoms with Crippen molar-refractivity contribution in [3.63, 3.8) is 0 Å². The van der Waals surface area contributed by atoms with E-state index in [4.69, 9.17) is 4.74 Å². The van der Waals surface area contributed by atoms with Gasteiger partial charge in [-0.25, -0.2) is 4.79 Å². The lowest BCUT2D eigenvalue weighted by Crippen LogP contribution is -2.60. The average Bonchev–Trinajstić information content (AvgIpc) is 2.34. The molecule has 0 bridgehead atoms. The highest BCUT2D eigenvalue weighted by Gasteiger charge is 2.47. The maximum atomic E-state index is 12.6. The average molecular weight is 325 g/mol. The lowest BCUT2D eigenvalue weighted by atomic mass is 10.1. The molecule has 7 nitrogen and oxygen atoms in total. The summed E-state index contributed by atoms with van der Waals surface area (Å²) in [5.74, 6) is -2.10. The number of hydrogen-bond donors (Lipinski definition) is 1. The van der Waals surface area contributed by atoms with Crippen molar-refractivity contribution in [3.05, 3.63) is 0 Å². The molecule has 22 heavy (non-hydrogen) atoms. The summed E-state index contributed by atoms with van der Waals surface area (Å²) in [5, 5.41) is 2.41. The third-order valence-corrected chi connectivity index (χ3v) is 2.74. The Morgan fingerprint density at radius 3 is 2.27 bits per heavy atom. The molecule has 0 saturated carbocycles. The Morgan fingerprint density at radius 2 is 1.82 bits per heavy atom. The number of alkyl carbamates (subject to hydrolysis) is 1. The minimum atomic E-state index is -5.08. The third-order valence-electron chi connectivity index (χ3n) is 2.74. The van der Waals surface area contributed by atoms with Gasteiger partial charge < -0.3 is 15.0 Å². The molecule has 0 spiro atoms. The first-order valence-corrected chi connectivity index (χ1v) is 6.50. The monoisotopic (exact) mass is 325 g/mol. The molecule has 0 aromatic heterocycles. The van der Waals surface area contributed by atoms with Gasteiger partial charge in [-0.15, -0.1) is 0 Å². The van der Waals surface area contributed by atoms with Crippen molar-refractivity contribution >= 4 is 18.4 Å². The molecule has 3 amide bonds. The zero-order valence-electron chi connectivity index (χ0n) is 12.4. The maximum absolute atomic E-state index is 12.6. The van der Waals surface area contributed by atoms with E-state index in [1.165, 1.54) is 0 Å². The molecule has 1 aliphatic rings. The van der Waals surface area contributed by atoms with Gasteiger partial charge in [-0.2, -0.15) is 13.2 Å². The van der Waals surface area contributed by atoms with Crippen LogP contribution in [0, 0.1) is 0 Å². The number of amides is 3. The van der Waals surface area contributed by atoms with Crippen LogP contribution in [-0.2, 0) is 14.3 Å². The number of halogens is 3. The second kappa shape index (κ2) is 6.41. The molecule has 0 aromatic carbocycles. The second-order valence-corrected chi connectivity index (χ2v) is 5.83. The summed E-state index contributed by atoms with van der Waals surface area (Å²) in [7, 11) is 0. The predicted molar refractivity (Wildman–Crippen MR) is 68.6 cm³/mol. The van der Waals surface area contributed by atoms with E-state index in [2.05, 4.69) is 5.32 Å². The summed E-state index contributed by atoms with van der Waals surface area (Å²) in [4.78, 5) is 35.3. The van der Waals surface area contributed by atoms with Gasteiger partial charge in [0, 0.05) is 18.6 Å². The summed E-state index contributed by atoms with van der Waals surface area (Å²) < 4.78 is 42.6. The van der Waals surface area contributed by atoms with Crippen LogP contribution in [0.15, 0.2) is 0 Å². The van der Waals surface area contributed by atoms with Crippen molar-refractivity contribution in [1.29, 1.82) is 0 Å². The van der Waals surface area contributed by atoms with Gasteiger partial charge in [0.15, 0.2) is 6.23 Å². The molecule has 0 radical (unpaired) electrons. The van der Waals surface area contributed by atoms with Gasteiger partial charge in [0.2, 0.25) is 6.41 Å². The largest absolute Gasteiger partial charge is 0.471 e. The summed E-state index contributed by atoms with van der Waals surface area (Å²) in [6, 6.07) is 0. The molecule has 1 rings (SSSR count). The van der Waals surface area contributed by atoms with Crippen LogP contribution in [0.25, 0.3) is 0 Å². The third kappa shape index (κ3) is 5.08. The number of ether oxygens (including phenoxy) is 1. The number of hydrogen-bond acceptors (Lipinski definition) is 4. The lowest BCUT2D eigenvalue weighted by molar-refractivity contribution is -0.198. The first-order valence-electron chi connectivity index (χ1n) is 6.50. The van der Waals surface area contributed by atoms with Crippen LogP contribution in [-0.4, -0.2) is 65.8 Å². The zero-order chi connectivity index (χ0) is 17.1. The smallest absolute Gasteiger partial charge is 0.423 e. The number of carbonyl (C=O) groups excluding carboxylic acids is 3. The Morgan fingerprint density at radius 1 is 1.23 bits per heavy atom. The first-order chi connectivity index (χ1) is 9.94. The fourth-order valence-electron chi connectivity index (χ4n) is 1.82. The highest BCUT2D eigenvalue weighted by Crippen LogP contribution is 2.22. The van der Waals surface area contributed by atoms with Gasteiger partial charge in [0.05, 0.1) is 6.54 Å². The summed E-state index contributed by atoms with van der Waals surface area (Å²) in [5.41, 5.74) is -0.658. The van der Waals surface area contributed by atoms with Gasteiger partial charge >= 0.3 is 18.2 Å². The quantitative estimate of drug-likeness (QED) is 0.758. The molecular weight excluding hydrogens is 307 g/mol. The molecule has 1 N–H and O–H groups in total. The van der Waals surface area contributed by atoms with Gasteiger partial charge in [0.25, 0.3) is 0 Å². The van der Waals surface area contributed by atoms with Crippen LogP contribution in [0.4, 0.5) is 18.0 Å². The Kier molecular flexibility index (Phi) is 5.26. The predicted octanol–water partition coefficient (Wildman–Crippen LogP) is 0.700. The van der Waals surface area contributed by atoms with E-state index in [1.807, 2.05) is 0 Å². The number of nitrogens with zero attached hydrogens (tertiary/aromatic N) is 2. The van der Waals surface area contributed by atoms with Crippen LogP contribution in [0.5, 0.6) is 0 Å². The van der Waals surface area contributed by atoms with E-state index in [-0.39, 0.29) is 19.6 Å². The number of alkyl halides is 3. The Hall–Kier alpha value is -2.00. The summed E-state index contributed by atoms with van der Waals surface area (Å²) in [6.45, 7) is 4.22.